The largest absolute Gasteiger partial charge is 0.396 e. The molecular formula is C14H18Cl2N2O2. The summed E-state index contributed by atoms with van der Waals surface area (Å²) in [5.74, 6) is 0. The number of halogens is 2. The number of aliphatic hydroxyl groups is 1. The Labute approximate surface area is 128 Å². The Morgan fingerprint density at radius 3 is 2.70 bits per heavy atom. The molecule has 6 heteroatoms. The van der Waals surface area contributed by atoms with Gasteiger partial charge in [-0.05, 0) is 37.5 Å². The van der Waals surface area contributed by atoms with Gasteiger partial charge in [0.1, 0.15) is 0 Å². The molecule has 1 saturated carbocycles. The first kappa shape index (κ1) is 15.4. The Kier molecular flexibility index (Phi) is 4.78. The van der Waals surface area contributed by atoms with Gasteiger partial charge in [0.25, 0.3) is 0 Å². The smallest absolute Gasteiger partial charge is 0.315 e. The molecule has 0 aliphatic heterocycles. The number of hydrogen-bond acceptors (Lipinski definition) is 2. The molecule has 3 N–H and O–H groups in total. The van der Waals surface area contributed by atoms with E-state index in [4.69, 9.17) is 23.2 Å². The summed E-state index contributed by atoms with van der Waals surface area (Å²) in [6.45, 7) is 2.47. The highest BCUT2D eigenvalue weighted by molar-refractivity contribution is 6.35. The maximum absolute atomic E-state index is 11.8. The molecule has 1 fully saturated rings. The van der Waals surface area contributed by atoms with Gasteiger partial charge in [0.05, 0.1) is 12.6 Å². The van der Waals surface area contributed by atoms with Gasteiger partial charge in [-0.3, -0.25) is 0 Å². The molecule has 0 aromatic heterocycles. The Hall–Kier alpha value is -0.970. The third-order valence-corrected chi connectivity index (χ3v) is 4.26. The van der Waals surface area contributed by atoms with Crippen LogP contribution in [0.1, 0.15) is 31.4 Å². The van der Waals surface area contributed by atoms with E-state index < -0.39 is 0 Å². The second kappa shape index (κ2) is 6.20. The van der Waals surface area contributed by atoms with Crippen molar-refractivity contribution < 1.29 is 9.90 Å². The zero-order valence-corrected chi connectivity index (χ0v) is 12.8. The van der Waals surface area contributed by atoms with Crippen LogP contribution in [0.15, 0.2) is 18.2 Å². The number of amides is 2. The first-order valence-electron chi connectivity index (χ1n) is 6.56. The van der Waals surface area contributed by atoms with Gasteiger partial charge in [-0.2, -0.15) is 0 Å². The van der Waals surface area contributed by atoms with Crippen LogP contribution in [0.4, 0.5) is 4.79 Å². The van der Waals surface area contributed by atoms with Gasteiger partial charge in [0, 0.05) is 22.0 Å². The number of aliphatic hydroxyl groups excluding tert-OH is 1. The van der Waals surface area contributed by atoms with Crippen molar-refractivity contribution >= 4 is 29.2 Å². The summed E-state index contributed by atoms with van der Waals surface area (Å²) in [4.78, 5) is 11.8. The standard InChI is InChI=1S/C14H18Cl2N2O2/c1-9(11-3-2-10(15)6-12(11)16)18-13(20)17-7-14(8-19)4-5-14/h2-3,6,9,19H,4-5,7-8H2,1H3,(H2,17,18,20). The summed E-state index contributed by atoms with van der Waals surface area (Å²) >= 11 is 11.9. The van der Waals surface area contributed by atoms with E-state index in [1.165, 1.54) is 0 Å². The highest BCUT2D eigenvalue weighted by atomic mass is 35.5. The molecule has 1 aromatic carbocycles. The van der Waals surface area contributed by atoms with Gasteiger partial charge in [-0.25, -0.2) is 4.79 Å². The topological polar surface area (TPSA) is 61.4 Å². The van der Waals surface area contributed by atoms with Crippen LogP contribution >= 0.6 is 23.2 Å². The fourth-order valence-corrected chi connectivity index (χ4v) is 2.59. The van der Waals surface area contributed by atoms with Crippen molar-refractivity contribution in [3.8, 4) is 0 Å². The van der Waals surface area contributed by atoms with Crippen LogP contribution in [-0.2, 0) is 0 Å². The molecule has 0 heterocycles. The van der Waals surface area contributed by atoms with Crippen molar-refractivity contribution in [2.45, 2.75) is 25.8 Å². The van der Waals surface area contributed by atoms with E-state index in [0.717, 1.165) is 18.4 Å². The minimum Gasteiger partial charge on any atom is -0.396 e. The summed E-state index contributed by atoms with van der Waals surface area (Å²) in [6.07, 6.45) is 1.92. The van der Waals surface area contributed by atoms with Crippen LogP contribution in [0.3, 0.4) is 0 Å². The van der Waals surface area contributed by atoms with Gasteiger partial charge >= 0.3 is 6.03 Å². The average molecular weight is 317 g/mol. The van der Waals surface area contributed by atoms with Crippen LogP contribution in [0.25, 0.3) is 0 Å². The lowest BCUT2D eigenvalue weighted by Gasteiger charge is -2.18. The van der Waals surface area contributed by atoms with Crippen molar-refractivity contribution in [1.29, 1.82) is 0 Å². The van der Waals surface area contributed by atoms with Crippen molar-refractivity contribution in [2.75, 3.05) is 13.2 Å². The molecule has 0 saturated heterocycles. The maximum atomic E-state index is 11.8. The third kappa shape index (κ3) is 3.78. The van der Waals surface area contributed by atoms with Crippen molar-refractivity contribution in [2.24, 2.45) is 5.41 Å². The van der Waals surface area contributed by atoms with Gasteiger partial charge in [-0.15, -0.1) is 0 Å². The quantitative estimate of drug-likeness (QED) is 0.781. The second-order valence-electron chi connectivity index (χ2n) is 5.37. The van der Waals surface area contributed by atoms with Crippen LogP contribution in [0, 0.1) is 5.41 Å². The van der Waals surface area contributed by atoms with Crippen LogP contribution in [-0.4, -0.2) is 24.3 Å². The number of hydrogen-bond donors (Lipinski definition) is 3. The molecule has 110 valence electrons. The zero-order chi connectivity index (χ0) is 14.8. The maximum Gasteiger partial charge on any atom is 0.315 e. The molecule has 2 amide bonds. The van der Waals surface area contributed by atoms with Crippen molar-refractivity contribution in [3.05, 3.63) is 33.8 Å². The lowest BCUT2D eigenvalue weighted by molar-refractivity contribution is 0.202. The average Bonchev–Trinajstić information content (AvgIpc) is 3.17. The number of rotatable bonds is 5. The molecule has 1 aliphatic rings. The SMILES string of the molecule is CC(NC(=O)NCC1(CO)CC1)c1ccc(Cl)cc1Cl. The summed E-state index contributed by atoms with van der Waals surface area (Å²) in [5.41, 5.74) is 0.716. The molecular weight excluding hydrogens is 299 g/mol. The minimum absolute atomic E-state index is 0.0987. The summed E-state index contributed by atoms with van der Waals surface area (Å²) in [5, 5.41) is 15.9. The lowest BCUT2D eigenvalue weighted by atomic mass is 10.1. The number of nitrogens with one attached hydrogen (secondary N) is 2. The van der Waals surface area contributed by atoms with E-state index in [0.29, 0.717) is 16.6 Å². The molecule has 0 spiro atoms. The predicted octanol–water partition coefficient (Wildman–Crippen LogP) is 3.13. The molecule has 20 heavy (non-hydrogen) atoms. The van der Waals surface area contributed by atoms with Gasteiger partial charge in [-0.1, -0.05) is 29.3 Å². The predicted molar refractivity (Wildman–Crippen MR) is 80.2 cm³/mol. The van der Waals surface area contributed by atoms with Gasteiger partial charge < -0.3 is 15.7 Å². The van der Waals surface area contributed by atoms with Crippen LogP contribution in [0.5, 0.6) is 0 Å². The first-order valence-corrected chi connectivity index (χ1v) is 7.31. The summed E-state index contributed by atoms with van der Waals surface area (Å²) in [7, 11) is 0. The highest BCUT2D eigenvalue weighted by Gasteiger charge is 2.42. The summed E-state index contributed by atoms with van der Waals surface area (Å²) in [6, 6.07) is 4.71. The molecule has 1 aliphatic carbocycles. The number of carbonyl (C=O) groups is 1. The van der Waals surface area contributed by atoms with E-state index in [-0.39, 0.29) is 24.1 Å². The van der Waals surface area contributed by atoms with Crippen LogP contribution in [0.2, 0.25) is 10.0 Å². The van der Waals surface area contributed by atoms with Gasteiger partial charge in [0.15, 0.2) is 0 Å². The molecule has 2 rings (SSSR count). The minimum atomic E-state index is -0.261. The molecule has 1 atom stereocenters. The fourth-order valence-electron chi connectivity index (χ4n) is 2.01. The normalized spacial score (nSPS) is 17.4. The molecule has 1 unspecified atom stereocenters. The Morgan fingerprint density at radius 2 is 2.15 bits per heavy atom. The molecule has 4 nitrogen and oxygen atoms in total. The van der Waals surface area contributed by atoms with Crippen LogP contribution < -0.4 is 10.6 Å². The Morgan fingerprint density at radius 1 is 1.45 bits per heavy atom. The summed E-state index contributed by atoms with van der Waals surface area (Å²) < 4.78 is 0. The second-order valence-corrected chi connectivity index (χ2v) is 6.22. The zero-order valence-electron chi connectivity index (χ0n) is 11.2. The van der Waals surface area contributed by atoms with Gasteiger partial charge in [0.2, 0.25) is 0 Å². The molecule has 1 aromatic rings. The van der Waals surface area contributed by atoms with E-state index in [9.17, 15) is 9.90 Å². The van der Waals surface area contributed by atoms with Crippen molar-refractivity contribution in [3.63, 3.8) is 0 Å². The van der Waals surface area contributed by atoms with E-state index in [1.54, 1.807) is 18.2 Å². The Bertz CT molecular complexity index is 504. The van der Waals surface area contributed by atoms with E-state index in [2.05, 4.69) is 10.6 Å². The first-order chi connectivity index (χ1) is 9.46. The highest BCUT2D eigenvalue weighted by Crippen LogP contribution is 2.44. The molecule has 0 bridgehead atoms. The van der Waals surface area contributed by atoms with Crippen molar-refractivity contribution in [1.82, 2.24) is 10.6 Å². The van der Waals surface area contributed by atoms with E-state index >= 15 is 0 Å². The third-order valence-electron chi connectivity index (χ3n) is 3.69. The monoisotopic (exact) mass is 316 g/mol. The number of carbonyl (C=O) groups excluding carboxylic acids is 1. The number of urea groups is 1. The molecule has 0 radical (unpaired) electrons. The van der Waals surface area contributed by atoms with E-state index in [1.807, 2.05) is 6.92 Å². The Balaban J connectivity index is 1.87. The fraction of sp³-hybridized carbons (Fsp3) is 0.500. The number of benzene rings is 1. The lowest BCUT2D eigenvalue weighted by Crippen LogP contribution is -2.40.